The highest BCUT2D eigenvalue weighted by Crippen LogP contribution is 2.30. The van der Waals surface area contributed by atoms with E-state index < -0.39 is 21.8 Å². The summed E-state index contributed by atoms with van der Waals surface area (Å²) in [6.07, 6.45) is 0. The van der Waals surface area contributed by atoms with Gasteiger partial charge in [0.25, 0.3) is 21.8 Å². The lowest BCUT2D eigenvalue weighted by molar-refractivity contribution is 0.0847. The standard InChI is InChI=1S/C16H11Cl2N3O4S3/c17-12-8-11(14(18)27-12)16(23)20-19-15(22)9-3-5-10(6-4-9)21-28(24,25)13-2-1-7-26-13/h1-8,21H,(H,19,22)(H,20,23). The Morgan fingerprint density at radius 3 is 2.21 bits per heavy atom. The van der Waals surface area contributed by atoms with E-state index in [9.17, 15) is 18.0 Å². The summed E-state index contributed by atoms with van der Waals surface area (Å²) in [5, 5.41) is 1.66. The van der Waals surface area contributed by atoms with Crippen molar-refractivity contribution >= 4 is 73.4 Å². The normalized spacial score (nSPS) is 11.1. The summed E-state index contributed by atoms with van der Waals surface area (Å²) in [6, 6.07) is 10.2. The van der Waals surface area contributed by atoms with Crippen LogP contribution < -0.4 is 15.6 Å². The number of carbonyl (C=O) groups is 2. The van der Waals surface area contributed by atoms with E-state index in [2.05, 4.69) is 15.6 Å². The fraction of sp³-hybridized carbons (Fsp3) is 0. The van der Waals surface area contributed by atoms with Gasteiger partial charge in [0.1, 0.15) is 8.55 Å². The molecule has 7 nitrogen and oxygen atoms in total. The molecule has 28 heavy (non-hydrogen) atoms. The van der Waals surface area contributed by atoms with Crippen LogP contribution in [0, 0.1) is 0 Å². The molecule has 2 amide bonds. The minimum absolute atomic E-state index is 0.148. The fourth-order valence-electron chi connectivity index (χ4n) is 2.06. The van der Waals surface area contributed by atoms with Crippen LogP contribution in [-0.4, -0.2) is 20.2 Å². The highest BCUT2D eigenvalue weighted by atomic mass is 35.5. The first kappa shape index (κ1) is 20.6. The van der Waals surface area contributed by atoms with Crippen molar-refractivity contribution in [2.45, 2.75) is 4.21 Å². The Balaban J connectivity index is 1.61. The van der Waals surface area contributed by atoms with Gasteiger partial charge in [0.05, 0.1) is 9.90 Å². The molecular formula is C16H11Cl2N3O4S3. The number of halogens is 2. The Bertz CT molecular complexity index is 1110. The van der Waals surface area contributed by atoms with Crippen molar-refractivity contribution in [3.8, 4) is 0 Å². The Morgan fingerprint density at radius 2 is 1.64 bits per heavy atom. The fourth-order valence-corrected chi connectivity index (χ4v) is 5.57. The lowest BCUT2D eigenvalue weighted by Crippen LogP contribution is -2.41. The van der Waals surface area contributed by atoms with Gasteiger partial charge in [-0.2, -0.15) is 0 Å². The first-order valence-electron chi connectivity index (χ1n) is 7.48. The van der Waals surface area contributed by atoms with E-state index in [-0.39, 0.29) is 19.7 Å². The Kier molecular flexibility index (Phi) is 6.26. The first-order valence-corrected chi connectivity index (χ1v) is 11.4. The number of nitrogens with one attached hydrogen (secondary N) is 3. The summed E-state index contributed by atoms with van der Waals surface area (Å²) in [5.74, 6) is -1.19. The van der Waals surface area contributed by atoms with Crippen LogP contribution in [0.15, 0.2) is 52.1 Å². The zero-order valence-electron chi connectivity index (χ0n) is 13.7. The summed E-state index contributed by atoms with van der Waals surface area (Å²) in [4.78, 5) is 24.1. The third-order valence-electron chi connectivity index (χ3n) is 3.35. The van der Waals surface area contributed by atoms with Gasteiger partial charge in [-0.25, -0.2) is 8.42 Å². The molecule has 2 aromatic heterocycles. The second-order valence-corrected chi connectivity index (χ2v) is 10.4. The molecule has 0 aliphatic carbocycles. The van der Waals surface area contributed by atoms with E-state index in [0.29, 0.717) is 10.0 Å². The lowest BCUT2D eigenvalue weighted by Gasteiger charge is -2.09. The molecule has 0 fully saturated rings. The Morgan fingerprint density at radius 1 is 0.964 bits per heavy atom. The number of rotatable bonds is 5. The molecule has 0 radical (unpaired) electrons. The molecule has 1 aromatic carbocycles. The number of carbonyl (C=O) groups excluding carboxylic acids is 2. The molecular weight excluding hydrogens is 465 g/mol. The molecule has 3 rings (SSSR count). The Labute approximate surface area is 178 Å². The van der Waals surface area contributed by atoms with Gasteiger partial charge < -0.3 is 0 Å². The van der Waals surface area contributed by atoms with Gasteiger partial charge in [-0.1, -0.05) is 29.3 Å². The van der Waals surface area contributed by atoms with Crippen LogP contribution in [-0.2, 0) is 10.0 Å². The SMILES string of the molecule is O=C(NNC(=O)c1cc(Cl)sc1Cl)c1ccc(NS(=O)(=O)c2cccs2)cc1. The molecule has 0 saturated heterocycles. The van der Waals surface area contributed by atoms with E-state index in [1.54, 1.807) is 11.4 Å². The monoisotopic (exact) mass is 475 g/mol. The second-order valence-electron chi connectivity index (χ2n) is 5.26. The van der Waals surface area contributed by atoms with Crippen LogP contribution in [0.4, 0.5) is 5.69 Å². The Hall–Kier alpha value is -2.11. The van der Waals surface area contributed by atoms with Gasteiger partial charge in [0.15, 0.2) is 0 Å². The van der Waals surface area contributed by atoms with Crippen LogP contribution in [0.25, 0.3) is 0 Å². The van der Waals surface area contributed by atoms with E-state index in [0.717, 1.165) is 22.7 Å². The molecule has 146 valence electrons. The quantitative estimate of drug-likeness (QED) is 0.485. The number of benzene rings is 1. The van der Waals surface area contributed by atoms with Crippen molar-refractivity contribution in [3.05, 3.63) is 67.6 Å². The van der Waals surface area contributed by atoms with Crippen molar-refractivity contribution in [2.24, 2.45) is 0 Å². The molecule has 3 N–H and O–H groups in total. The average Bonchev–Trinajstić information content (AvgIpc) is 3.30. The third-order valence-corrected chi connectivity index (χ3v) is 7.62. The predicted molar refractivity (Wildman–Crippen MR) is 111 cm³/mol. The van der Waals surface area contributed by atoms with E-state index >= 15 is 0 Å². The zero-order valence-corrected chi connectivity index (χ0v) is 17.7. The third kappa shape index (κ3) is 4.83. The van der Waals surface area contributed by atoms with Crippen LogP contribution in [0.2, 0.25) is 8.67 Å². The van der Waals surface area contributed by atoms with Crippen LogP contribution in [0.3, 0.4) is 0 Å². The molecule has 0 atom stereocenters. The van der Waals surface area contributed by atoms with E-state index in [1.165, 1.54) is 36.4 Å². The van der Waals surface area contributed by atoms with Crippen molar-refractivity contribution < 1.29 is 18.0 Å². The molecule has 0 saturated carbocycles. The summed E-state index contributed by atoms with van der Waals surface area (Å²) >= 11 is 13.8. The molecule has 0 aliphatic rings. The van der Waals surface area contributed by atoms with Crippen molar-refractivity contribution in [3.63, 3.8) is 0 Å². The highest BCUT2D eigenvalue weighted by Gasteiger charge is 2.17. The van der Waals surface area contributed by atoms with Gasteiger partial charge in [-0.3, -0.25) is 25.2 Å². The summed E-state index contributed by atoms with van der Waals surface area (Å²) in [6.45, 7) is 0. The average molecular weight is 476 g/mol. The number of anilines is 1. The number of amides is 2. The topological polar surface area (TPSA) is 104 Å². The number of thiophene rings is 2. The second kappa shape index (κ2) is 8.50. The van der Waals surface area contributed by atoms with Crippen molar-refractivity contribution in [1.82, 2.24) is 10.9 Å². The number of hydrogen-bond acceptors (Lipinski definition) is 6. The molecule has 0 unspecified atom stereocenters. The van der Waals surface area contributed by atoms with Crippen molar-refractivity contribution in [2.75, 3.05) is 4.72 Å². The van der Waals surface area contributed by atoms with Gasteiger partial charge in [0.2, 0.25) is 0 Å². The van der Waals surface area contributed by atoms with E-state index in [4.69, 9.17) is 23.2 Å². The largest absolute Gasteiger partial charge is 0.279 e. The maximum atomic E-state index is 12.2. The summed E-state index contributed by atoms with van der Waals surface area (Å²) < 4.78 is 27.5. The number of hydrazine groups is 1. The van der Waals surface area contributed by atoms with E-state index in [1.807, 2.05) is 0 Å². The zero-order chi connectivity index (χ0) is 20.3. The van der Waals surface area contributed by atoms with Gasteiger partial charge in [0, 0.05) is 11.3 Å². The molecule has 2 heterocycles. The molecule has 0 spiro atoms. The minimum Gasteiger partial charge on any atom is -0.279 e. The molecule has 0 bridgehead atoms. The number of hydrogen-bond donors (Lipinski definition) is 3. The smallest absolute Gasteiger partial charge is 0.272 e. The maximum Gasteiger partial charge on any atom is 0.272 e. The van der Waals surface area contributed by atoms with Gasteiger partial charge >= 0.3 is 0 Å². The molecule has 0 aliphatic heterocycles. The molecule has 3 aromatic rings. The highest BCUT2D eigenvalue weighted by molar-refractivity contribution is 7.94. The predicted octanol–water partition coefficient (Wildman–Crippen LogP) is 3.99. The van der Waals surface area contributed by atoms with Crippen LogP contribution >= 0.6 is 45.9 Å². The van der Waals surface area contributed by atoms with Gasteiger partial charge in [-0.15, -0.1) is 22.7 Å². The first-order chi connectivity index (χ1) is 13.3. The summed E-state index contributed by atoms with van der Waals surface area (Å²) in [7, 11) is -3.67. The van der Waals surface area contributed by atoms with Crippen molar-refractivity contribution in [1.29, 1.82) is 0 Å². The minimum atomic E-state index is -3.67. The van der Waals surface area contributed by atoms with Crippen LogP contribution in [0.1, 0.15) is 20.7 Å². The van der Waals surface area contributed by atoms with Gasteiger partial charge in [-0.05, 0) is 41.8 Å². The maximum absolute atomic E-state index is 12.2. The number of sulfonamides is 1. The lowest BCUT2D eigenvalue weighted by atomic mass is 10.2. The summed E-state index contributed by atoms with van der Waals surface area (Å²) in [5.41, 5.74) is 5.15. The van der Waals surface area contributed by atoms with Crippen LogP contribution in [0.5, 0.6) is 0 Å². The molecule has 12 heteroatoms.